The summed E-state index contributed by atoms with van der Waals surface area (Å²) in [5.41, 5.74) is 2.03. The van der Waals surface area contributed by atoms with E-state index in [4.69, 9.17) is 4.74 Å². The molecule has 4 amide bonds. The van der Waals surface area contributed by atoms with Crippen LogP contribution in [0.2, 0.25) is 0 Å². The van der Waals surface area contributed by atoms with Crippen LogP contribution in [-0.4, -0.2) is 59.1 Å². The topological polar surface area (TPSA) is 95.1 Å². The minimum Gasteiger partial charge on any atom is -0.379 e. The number of pyridine rings is 1. The van der Waals surface area contributed by atoms with Gasteiger partial charge in [0, 0.05) is 42.9 Å². The zero-order valence-corrected chi connectivity index (χ0v) is 22.5. The lowest BCUT2D eigenvalue weighted by Crippen LogP contribution is -2.43. The van der Waals surface area contributed by atoms with Crippen molar-refractivity contribution < 1.29 is 19.1 Å². The van der Waals surface area contributed by atoms with Crippen LogP contribution in [0.1, 0.15) is 58.1 Å². The highest BCUT2D eigenvalue weighted by molar-refractivity contribution is 6.23. The van der Waals surface area contributed by atoms with Crippen LogP contribution in [0.3, 0.4) is 0 Å². The number of carbonyl (C=O) groups is 3. The quantitative estimate of drug-likeness (QED) is 0.581. The van der Waals surface area contributed by atoms with Crippen molar-refractivity contribution in [2.45, 2.75) is 70.5 Å². The molecular weight excluding hydrogens is 482 g/mol. The third-order valence-corrected chi connectivity index (χ3v) is 8.28. The van der Waals surface area contributed by atoms with Crippen LogP contribution >= 0.6 is 0 Å². The molecule has 38 heavy (non-hydrogen) atoms. The first-order valence-electron chi connectivity index (χ1n) is 13.5. The average molecular weight is 518 g/mol. The van der Waals surface area contributed by atoms with Gasteiger partial charge in [0.25, 0.3) is 5.91 Å². The van der Waals surface area contributed by atoms with Gasteiger partial charge in [-0.05, 0) is 68.5 Å². The van der Waals surface area contributed by atoms with Crippen molar-refractivity contribution in [3.63, 3.8) is 0 Å². The van der Waals surface area contributed by atoms with Gasteiger partial charge in [-0.3, -0.25) is 9.59 Å². The summed E-state index contributed by atoms with van der Waals surface area (Å²) in [5.74, 6) is 0.676. The number of fused-ring (bicyclic) bond motifs is 1. The number of carbonyl (C=O) groups excluding carboxylic acids is 3. The van der Waals surface area contributed by atoms with E-state index in [1.807, 2.05) is 35.2 Å². The van der Waals surface area contributed by atoms with Gasteiger partial charge in [-0.15, -0.1) is 0 Å². The molecule has 200 valence electrons. The standard InChI is InChI=1S/C29H35N5O4/c1-28(2)17-32(25(35)19-5-6-19)23-14-21(7-8-22(23)28)34-26(36)29(3,4)33(27(34)37)15-18-9-11-30-24(13-18)31-20-10-12-38-16-20/h7-9,11,13-14,19-20H,5-6,10,12,15-17H2,1-4H3,(H,30,31)/t20-/m0/s1. The molecule has 1 aliphatic carbocycles. The summed E-state index contributed by atoms with van der Waals surface area (Å²) < 4.78 is 5.44. The lowest BCUT2D eigenvalue weighted by atomic mass is 9.87. The molecule has 3 fully saturated rings. The Morgan fingerprint density at radius 3 is 2.61 bits per heavy atom. The molecule has 9 nitrogen and oxygen atoms in total. The van der Waals surface area contributed by atoms with E-state index >= 15 is 0 Å². The highest BCUT2D eigenvalue weighted by Crippen LogP contribution is 2.46. The number of nitrogens with one attached hydrogen (secondary N) is 1. The highest BCUT2D eigenvalue weighted by atomic mass is 16.5. The maximum absolute atomic E-state index is 13.8. The van der Waals surface area contributed by atoms with Gasteiger partial charge < -0.3 is 19.9 Å². The maximum atomic E-state index is 13.8. The van der Waals surface area contributed by atoms with Gasteiger partial charge in [-0.2, -0.15) is 0 Å². The van der Waals surface area contributed by atoms with E-state index in [0.717, 1.165) is 48.5 Å². The predicted molar refractivity (Wildman–Crippen MR) is 144 cm³/mol. The summed E-state index contributed by atoms with van der Waals surface area (Å²) in [5, 5.41) is 3.39. The van der Waals surface area contributed by atoms with Gasteiger partial charge in [-0.1, -0.05) is 19.9 Å². The zero-order chi connectivity index (χ0) is 26.8. The van der Waals surface area contributed by atoms with E-state index in [0.29, 0.717) is 18.8 Å². The normalized spacial score (nSPS) is 23.8. The molecular formula is C29H35N5O4. The lowest BCUT2D eigenvalue weighted by Gasteiger charge is -2.28. The van der Waals surface area contributed by atoms with E-state index in [9.17, 15) is 14.4 Å². The Labute approximate surface area is 223 Å². The predicted octanol–water partition coefficient (Wildman–Crippen LogP) is 4.06. The van der Waals surface area contributed by atoms with E-state index in [1.165, 1.54) is 4.90 Å². The van der Waals surface area contributed by atoms with E-state index in [2.05, 4.69) is 24.1 Å². The largest absolute Gasteiger partial charge is 0.379 e. The van der Waals surface area contributed by atoms with Crippen molar-refractivity contribution in [1.29, 1.82) is 0 Å². The molecule has 0 bridgehead atoms. The van der Waals surface area contributed by atoms with Gasteiger partial charge in [-0.25, -0.2) is 14.7 Å². The molecule has 4 heterocycles. The van der Waals surface area contributed by atoms with E-state index in [-0.39, 0.29) is 41.8 Å². The van der Waals surface area contributed by atoms with Crippen molar-refractivity contribution in [2.75, 3.05) is 34.9 Å². The second-order valence-electron chi connectivity index (χ2n) is 12.1. The first-order valence-corrected chi connectivity index (χ1v) is 13.5. The van der Waals surface area contributed by atoms with Crippen LogP contribution in [0.5, 0.6) is 0 Å². The van der Waals surface area contributed by atoms with Gasteiger partial charge >= 0.3 is 6.03 Å². The van der Waals surface area contributed by atoms with Crippen molar-refractivity contribution in [3.8, 4) is 0 Å². The Morgan fingerprint density at radius 1 is 1.11 bits per heavy atom. The van der Waals surface area contributed by atoms with Crippen molar-refractivity contribution in [2.24, 2.45) is 5.92 Å². The second-order valence-corrected chi connectivity index (χ2v) is 12.1. The third kappa shape index (κ3) is 4.13. The van der Waals surface area contributed by atoms with Crippen molar-refractivity contribution >= 4 is 35.0 Å². The Morgan fingerprint density at radius 2 is 1.89 bits per heavy atom. The van der Waals surface area contributed by atoms with Crippen LogP contribution in [0, 0.1) is 5.92 Å². The minimum atomic E-state index is -1.03. The SMILES string of the molecule is CC1(C)CN(C(=O)C2CC2)c2cc(N3C(=O)N(Cc4ccnc(N[C@H]5CCOC5)c4)C(C)(C)C3=O)ccc21. The fraction of sp³-hybridized carbons (Fsp3) is 0.517. The molecule has 0 spiro atoms. The second kappa shape index (κ2) is 8.80. The number of rotatable bonds is 6. The van der Waals surface area contributed by atoms with Gasteiger partial charge in [0.15, 0.2) is 0 Å². The summed E-state index contributed by atoms with van der Waals surface area (Å²) in [6, 6.07) is 9.29. The van der Waals surface area contributed by atoms with Gasteiger partial charge in [0.2, 0.25) is 5.91 Å². The number of imide groups is 1. The minimum absolute atomic E-state index is 0.0887. The van der Waals surface area contributed by atoms with Crippen molar-refractivity contribution in [3.05, 3.63) is 47.7 Å². The number of ether oxygens (including phenoxy) is 1. The molecule has 1 aromatic heterocycles. The number of aromatic nitrogens is 1. The highest BCUT2D eigenvalue weighted by Gasteiger charge is 2.52. The first kappa shape index (κ1) is 24.9. The molecule has 1 atom stereocenters. The molecule has 0 unspecified atom stereocenters. The summed E-state index contributed by atoms with van der Waals surface area (Å²) in [7, 11) is 0. The average Bonchev–Trinajstić information content (AvgIpc) is 3.50. The van der Waals surface area contributed by atoms with Crippen LogP contribution in [0.25, 0.3) is 0 Å². The number of anilines is 3. The molecule has 2 aromatic rings. The summed E-state index contributed by atoms with van der Waals surface area (Å²) in [6.45, 7) is 10.1. The fourth-order valence-corrected chi connectivity index (χ4v) is 5.79. The number of hydrogen-bond acceptors (Lipinski definition) is 6. The molecule has 1 N–H and O–H groups in total. The maximum Gasteiger partial charge on any atom is 0.332 e. The number of amides is 4. The number of urea groups is 1. The van der Waals surface area contributed by atoms with Crippen LogP contribution < -0.4 is 15.1 Å². The summed E-state index contributed by atoms with van der Waals surface area (Å²) in [4.78, 5) is 49.6. The van der Waals surface area contributed by atoms with Crippen LogP contribution in [0.4, 0.5) is 22.0 Å². The Bertz CT molecular complexity index is 1310. The smallest absolute Gasteiger partial charge is 0.332 e. The van der Waals surface area contributed by atoms with Crippen LogP contribution in [0.15, 0.2) is 36.5 Å². The Kier molecular flexibility index (Phi) is 5.75. The molecule has 2 saturated heterocycles. The monoisotopic (exact) mass is 517 g/mol. The Balaban J connectivity index is 1.27. The number of hydrogen-bond donors (Lipinski definition) is 1. The first-order chi connectivity index (χ1) is 18.1. The van der Waals surface area contributed by atoms with E-state index < -0.39 is 5.54 Å². The molecule has 0 radical (unpaired) electrons. The molecule has 6 rings (SSSR count). The fourth-order valence-electron chi connectivity index (χ4n) is 5.79. The summed E-state index contributed by atoms with van der Waals surface area (Å²) >= 11 is 0. The van der Waals surface area contributed by atoms with Crippen molar-refractivity contribution in [1.82, 2.24) is 9.88 Å². The number of nitrogens with zero attached hydrogens (tertiary/aromatic N) is 4. The molecule has 1 saturated carbocycles. The van der Waals surface area contributed by atoms with E-state index in [1.54, 1.807) is 24.9 Å². The lowest BCUT2D eigenvalue weighted by molar-refractivity contribution is -0.123. The molecule has 1 aromatic carbocycles. The zero-order valence-electron chi connectivity index (χ0n) is 22.5. The number of benzene rings is 1. The molecule has 3 aliphatic heterocycles. The van der Waals surface area contributed by atoms with Gasteiger partial charge in [0.1, 0.15) is 11.4 Å². The Hall–Kier alpha value is -3.46. The van der Waals surface area contributed by atoms with Gasteiger partial charge in [0.05, 0.1) is 18.3 Å². The summed E-state index contributed by atoms with van der Waals surface area (Å²) in [6.07, 6.45) is 4.50. The molecule has 9 heteroatoms. The third-order valence-electron chi connectivity index (χ3n) is 8.28. The molecule has 4 aliphatic rings. The van der Waals surface area contributed by atoms with Crippen LogP contribution in [-0.2, 0) is 26.3 Å².